The number of hydrogen-bond donors (Lipinski definition) is 2. The molecule has 2 amide bonds. The van der Waals surface area contributed by atoms with Gasteiger partial charge in [0, 0.05) is 24.2 Å². The molecule has 1 aliphatic heterocycles. The molecule has 0 fully saturated rings. The van der Waals surface area contributed by atoms with Gasteiger partial charge in [-0.1, -0.05) is 11.6 Å². The van der Waals surface area contributed by atoms with Gasteiger partial charge in [0.05, 0.1) is 19.2 Å². The maximum absolute atomic E-state index is 12.7. The number of aliphatic hydroxyl groups is 1. The number of fused-ring (bicyclic) bond motifs is 1. The van der Waals surface area contributed by atoms with Crippen molar-refractivity contribution in [2.24, 2.45) is 0 Å². The van der Waals surface area contributed by atoms with Crippen LogP contribution in [-0.4, -0.2) is 63.9 Å². The smallest absolute Gasteiger partial charge is 0.274 e. The van der Waals surface area contributed by atoms with Crippen LogP contribution in [0.15, 0.2) is 30.3 Å². The van der Waals surface area contributed by atoms with Gasteiger partial charge >= 0.3 is 0 Å². The van der Waals surface area contributed by atoms with Crippen LogP contribution in [0.4, 0.5) is 0 Å². The predicted octanol–water partition coefficient (Wildman–Crippen LogP) is 1.18. The first kappa shape index (κ1) is 19.2. The van der Waals surface area contributed by atoms with E-state index in [-0.39, 0.29) is 36.3 Å². The number of amides is 2. The lowest BCUT2D eigenvalue weighted by Gasteiger charge is -2.20. The Morgan fingerprint density at radius 3 is 2.89 bits per heavy atom. The molecule has 0 bridgehead atoms. The molecule has 3 rings (SSSR count). The van der Waals surface area contributed by atoms with Gasteiger partial charge in [0.15, 0.2) is 5.69 Å². The van der Waals surface area contributed by atoms with E-state index in [0.29, 0.717) is 30.5 Å². The molecule has 1 aromatic carbocycles. The number of aromatic nitrogens is 2. The average molecular weight is 393 g/mol. The molecule has 0 radical (unpaired) electrons. The number of nitrogens with one attached hydrogen (secondary N) is 1. The molecule has 1 atom stereocenters. The number of ether oxygens (including phenoxy) is 1. The lowest BCUT2D eigenvalue weighted by molar-refractivity contribution is 0.0731. The molecule has 0 aliphatic carbocycles. The summed E-state index contributed by atoms with van der Waals surface area (Å²) in [6.07, 6.45) is -0.742. The standard InChI is InChI=1S/C18H21ClN4O4/c1-2-22(7-8-27-14-5-3-12(19)4-6-14)18(26)15-9-16-17(25)20-10-13(24)11-23(16)21-15/h3-6,9,13,24H,2,7-8,10-11H2,1H3,(H,20,25)/t13-/m0/s1. The molecule has 2 N–H and O–H groups in total. The van der Waals surface area contributed by atoms with Crippen LogP contribution in [0.25, 0.3) is 0 Å². The van der Waals surface area contributed by atoms with Crippen LogP contribution >= 0.6 is 11.6 Å². The first-order valence-corrected chi connectivity index (χ1v) is 9.07. The van der Waals surface area contributed by atoms with Gasteiger partial charge in [0.25, 0.3) is 11.8 Å². The molecular formula is C18H21ClN4O4. The van der Waals surface area contributed by atoms with Gasteiger partial charge in [-0.3, -0.25) is 14.3 Å². The normalized spacial score (nSPS) is 16.3. The number of aliphatic hydroxyl groups excluding tert-OH is 1. The summed E-state index contributed by atoms with van der Waals surface area (Å²) in [6.45, 7) is 3.34. The Morgan fingerprint density at radius 1 is 1.44 bits per heavy atom. The van der Waals surface area contributed by atoms with Gasteiger partial charge < -0.3 is 20.1 Å². The SMILES string of the molecule is CCN(CCOc1ccc(Cl)cc1)C(=O)c1cc2n(n1)C[C@@H](O)CNC2=O. The minimum atomic E-state index is -0.742. The van der Waals surface area contributed by atoms with Crippen molar-refractivity contribution in [2.45, 2.75) is 19.6 Å². The van der Waals surface area contributed by atoms with E-state index in [9.17, 15) is 14.7 Å². The number of carbonyl (C=O) groups is 2. The fourth-order valence-corrected chi connectivity index (χ4v) is 2.90. The highest BCUT2D eigenvalue weighted by atomic mass is 35.5. The third kappa shape index (κ3) is 4.58. The Bertz CT molecular complexity index is 821. The molecule has 144 valence electrons. The first-order valence-electron chi connectivity index (χ1n) is 8.69. The van der Waals surface area contributed by atoms with Crippen LogP contribution in [0.1, 0.15) is 27.9 Å². The highest BCUT2D eigenvalue weighted by Gasteiger charge is 2.26. The van der Waals surface area contributed by atoms with E-state index in [0.717, 1.165) is 0 Å². The molecule has 0 saturated heterocycles. The van der Waals surface area contributed by atoms with Crippen LogP contribution in [0, 0.1) is 0 Å². The highest BCUT2D eigenvalue weighted by molar-refractivity contribution is 6.30. The quantitative estimate of drug-likeness (QED) is 0.769. The van der Waals surface area contributed by atoms with Crippen LogP contribution < -0.4 is 10.1 Å². The Labute approximate surface area is 161 Å². The maximum Gasteiger partial charge on any atom is 0.274 e. The van der Waals surface area contributed by atoms with E-state index < -0.39 is 6.10 Å². The summed E-state index contributed by atoms with van der Waals surface area (Å²) in [5, 5.41) is 17.2. The fourth-order valence-electron chi connectivity index (χ4n) is 2.78. The molecule has 2 aromatic rings. The minimum absolute atomic E-state index is 0.160. The summed E-state index contributed by atoms with van der Waals surface area (Å²) >= 11 is 5.84. The van der Waals surface area contributed by atoms with Crippen molar-refractivity contribution in [1.82, 2.24) is 20.0 Å². The molecule has 8 nitrogen and oxygen atoms in total. The lowest BCUT2D eigenvalue weighted by Crippen LogP contribution is -2.35. The number of β-amino-alcohol motifs (C(OH)–C–C–N with tert-alkyl or cyclic N) is 1. The van der Waals surface area contributed by atoms with E-state index in [1.165, 1.54) is 10.7 Å². The highest BCUT2D eigenvalue weighted by Crippen LogP contribution is 2.16. The number of hydrogen-bond acceptors (Lipinski definition) is 5. The van der Waals surface area contributed by atoms with E-state index >= 15 is 0 Å². The van der Waals surface area contributed by atoms with Crippen LogP contribution in [-0.2, 0) is 6.54 Å². The zero-order valence-electron chi connectivity index (χ0n) is 14.9. The number of nitrogens with zero attached hydrogens (tertiary/aromatic N) is 3. The molecule has 0 unspecified atom stereocenters. The molecule has 9 heteroatoms. The molecule has 0 saturated carbocycles. The Kier molecular flexibility index (Phi) is 5.98. The van der Waals surface area contributed by atoms with Gasteiger partial charge in [-0.15, -0.1) is 0 Å². The number of halogens is 1. The van der Waals surface area contributed by atoms with Gasteiger partial charge in [0.2, 0.25) is 0 Å². The number of benzene rings is 1. The van der Waals surface area contributed by atoms with Gasteiger partial charge in [0.1, 0.15) is 18.1 Å². The van der Waals surface area contributed by atoms with Crippen molar-refractivity contribution in [3.8, 4) is 5.75 Å². The Morgan fingerprint density at radius 2 is 2.19 bits per heavy atom. The summed E-state index contributed by atoms with van der Waals surface area (Å²) in [6, 6.07) is 8.45. The fraction of sp³-hybridized carbons (Fsp3) is 0.389. The van der Waals surface area contributed by atoms with E-state index in [4.69, 9.17) is 16.3 Å². The van der Waals surface area contributed by atoms with Crippen molar-refractivity contribution in [3.63, 3.8) is 0 Å². The largest absolute Gasteiger partial charge is 0.492 e. The molecular weight excluding hydrogens is 372 g/mol. The molecule has 1 aromatic heterocycles. The van der Waals surface area contributed by atoms with Crippen LogP contribution in [0.5, 0.6) is 5.75 Å². The summed E-state index contributed by atoms with van der Waals surface area (Å²) in [5.41, 5.74) is 0.436. The minimum Gasteiger partial charge on any atom is -0.492 e. The van der Waals surface area contributed by atoms with Gasteiger partial charge in [-0.05, 0) is 31.2 Å². The summed E-state index contributed by atoms with van der Waals surface area (Å²) in [4.78, 5) is 26.4. The van der Waals surface area contributed by atoms with E-state index in [1.54, 1.807) is 29.2 Å². The number of likely N-dealkylation sites (N-methyl/N-ethyl adjacent to an activating group) is 1. The van der Waals surface area contributed by atoms with Crippen LogP contribution in [0.2, 0.25) is 5.02 Å². The van der Waals surface area contributed by atoms with Crippen molar-refractivity contribution in [2.75, 3.05) is 26.2 Å². The third-order valence-corrected chi connectivity index (χ3v) is 4.48. The van der Waals surface area contributed by atoms with Crippen molar-refractivity contribution in [3.05, 3.63) is 46.7 Å². The Balaban J connectivity index is 1.64. The van der Waals surface area contributed by atoms with Gasteiger partial charge in [-0.2, -0.15) is 5.10 Å². The summed E-state index contributed by atoms with van der Waals surface area (Å²) < 4.78 is 7.01. The second-order valence-corrected chi connectivity index (χ2v) is 6.58. The first-order chi connectivity index (χ1) is 13.0. The monoisotopic (exact) mass is 392 g/mol. The van der Waals surface area contributed by atoms with Crippen molar-refractivity contribution < 1.29 is 19.4 Å². The van der Waals surface area contributed by atoms with Crippen molar-refractivity contribution in [1.29, 1.82) is 0 Å². The van der Waals surface area contributed by atoms with Crippen molar-refractivity contribution >= 4 is 23.4 Å². The second-order valence-electron chi connectivity index (χ2n) is 6.15. The lowest BCUT2D eigenvalue weighted by atomic mass is 10.3. The van der Waals surface area contributed by atoms with Crippen LogP contribution in [0.3, 0.4) is 0 Å². The zero-order chi connectivity index (χ0) is 19.4. The number of carbonyl (C=O) groups excluding carboxylic acids is 2. The average Bonchev–Trinajstić information content (AvgIpc) is 3.02. The van der Waals surface area contributed by atoms with E-state index in [1.807, 2.05) is 6.92 Å². The predicted molar refractivity (Wildman–Crippen MR) is 99.1 cm³/mol. The Hall–Kier alpha value is -2.58. The summed E-state index contributed by atoms with van der Waals surface area (Å²) in [7, 11) is 0. The maximum atomic E-state index is 12.7. The zero-order valence-corrected chi connectivity index (χ0v) is 15.6. The number of rotatable bonds is 6. The molecule has 2 heterocycles. The van der Waals surface area contributed by atoms with Gasteiger partial charge in [-0.25, -0.2) is 0 Å². The third-order valence-electron chi connectivity index (χ3n) is 4.23. The second kappa shape index (κ2) is 8.41. The molecule has 1 aliphatic rings. The van der Waals surface area contributed by atoms with E-state index in [2.05, 4.69) is 10.4 Å². The molecule has 0 spiro atoms. The topological polar surface area (TPSA) is 96.7 Å². The summed E-state index contributed by atoms with van der Waals surface area (Å²) in [5.74, 6) is 0.0227. The molecule has 27 heavy (non-hydrogen) atoms.